The van der Waals surface area contributed by atoms with Crippen LogP contribution in [0.25, 0.3) is 10.2 Å². The van der Waals surface area contributed by atoms with Crippen LogP contribution in [0, 0.1) is 5.92 Å². The molecule has 1 aliphatic carbocycles. The molecule has 17 heavy (non-hydrogen) atoms. The van der Waals surface area contributed by atoms with E-state index >= 15 is 0 Å². The van der Waals surface area contributed by atoms with Crippen molar-refractivity contribution >= 4 is 38.3 Å². The molecule has 1 aromatic carbocycles. The molecule has 4 heteroatoms. The largest absolute Gasteiger partial charge is 0.358 e. The second-order valence-electron chi connectivity index (χ2n) is 4.67. The van der Waals surface area contributed by atoms with Crippen LogP contribution >= 0.6 is 22.9 Å². The number of hydrogen-bond acceptors (Lipinski definition) is 3. The van der Waals surface area contributed by atoms with Crippen LogP contribution in [-0.2, 0) is 0 Å². The summed E-state index contributed by atoms with van der Waals surface area (Å²) >= 11 is 7.67. The maximum atomic E-state index is 5.95. The normalized spacial score (nSPS) is 22.9. The van der Waals surface area contributed by atoms with E-state index in [9.17, 15) is 0 Å². The molecule has 0 amide bonds. The molecular weight excluding hydrogens is 252 g/mol. The first-order valence-electron chi connectivity index (χ1n) is 6.09. The van der Waals surface area contributed by atoms with Crippen molar-refractivity contribution in [1.29, 1.82) is 0 Å². The van der Waals surface area contributed by atoms with Crippen molar-refractivity contribution in [2.45, 2.75) is 32.2 Å². The summed E-state index contributed by atoms with van der Waals surface area (Å²) in [7, 11) is 0. The van der Waals surface area contributed by atoms with Gasteiger partial charge in [-0.3, -0.25) is 0 Å². The fourth-order valence-corrected chi connectivity index (χ4v) is 3.31. The fraction of sp³-hybridized carbons (Fsp3) is 0.462. The van der Waals surface area contributed by atoms with E-state index in [-0.39, 0.29) is 0 Å². The lowest BCUT2D eigenvalue weighted by Gasteiger charge is -1.99. The number of nitrogens with zero attached hydrogens (tertiary/aromatic N) is 1. The van der Waals surface area contributed by atoms with Crippen molar-refractivity contribution in [2.75, 3.05) is 5.32 Å². The molecule has 90 valence electrons. The van der Waals surface area contributed by atoms with Gasteiger partial charge in [0.1, 0.15) is 0 Å². The molecule has 1 saturated carbocycles. The Labute approximate surface area is 110 Å². The van der Waals surface area contributed by atoms with Crippen LogP contribution in [0.2, 0.25) is 5.02 Å². The van der Waals surface area contributed by atoms with Gasteiger partial charge in [0.25, 0.3) is 0 Å². The number of fused-ring (bicyclic) bond motifs is 1. The quantitative estimate of drug-likeness (QED) is 0.878. The van der Waals surface area contributed by atoms with Gasteiger partial charge >= 0.3 is 0 Å². The van der Waals surface area contributed by atoms with Crippen LogP contribution in [0.1, 0.15) is 26.2 Å². The minimum absolute atomic E-state index is 0.644. The smallest absolute Gasteiger partial charge is 0.184 e. The van der Waals surface area contributed by atoms with Gasteiger partial charge in [-0.05, 0) is 37.0 Å². The first-order chi connectivity index (χ1) is 8.26. The predicted octanol–water partition coefficient (Wildman–Crippen LogP) is 4.55. The molecule has 0 spiro atoms. The summed E-state index contributed by atoms with van der Waals surface area (Å²) in [6, 6.07) is 6.53. The number of anilines is 1. The van der Waals surface area contributed by atoms with Crippen molar-refractivity contribution in [3.05, 3.63) is 23.2 Å². The number of rotatable bonds is 4. The molecule has 0 radical (unpaired) electrons. The van der Waals surface area contributed by atoms with Crippen molar-refractivity contribution < 1.29 is 0 Å². The lowest BCUT2D eigenvalue weighted by atomic mass is 10.2. The third-order valence-electron chi connectivity index (χ3n) is 3.24. The summed E-state index contributed by atoms with van der Waals surface area (Å²) in [5, 5.41) is 5.31. The lowest BCUT2D eigenvalue weighted by molar-refractivity contribution is 0.693. The minimum Gasteiger partial charge on any atom is -0.358 e. The van der Waals surface area contributed by atoms with E-state index in [2.05, 4.69) is 17.2 Å². The summed E-state index contributed by atoms with van der Waals surface area (Å²) in [6.45, 7) is 2.25. The van der Waals surface area contributed by atoms with E-state index < -0.39 is 0 Å². The van der Waals surface area contributed by atoms with Gasteiger partial charge in [0.15, 0.2) is 5.13 Å². The van der Waals surface area contributed by atoms with E-state index in [0.717, 1.165) is 21.6 Å². The number of thiazole rings is 1. The summed E-state index contributed by atoms with van der Waals surface area (Å²) < 4.78 is 1.20. The van der Waals surface area contributed by atoms with Crippen LogP contribution in [0.15, 0.2) is 18.2 Å². The second-order valence-corrected chi connectivity index (χ2v) is 6.13. The van der Waals surface area contributed by atoms with E-state index in [1.165, 1.54) is 24.0 Å². The molecule has 2 atom stereocenters. The Morgan fingerprint density at radius 2 is 2.41 bits per heavy atom. The Bertz CT molecular complexity index is 537. The average Bonchev–Trinajstić information content (AvgIpc) is 2.88. The van der Waals surface area contributed by atoms with Gasteiger partial charge in [0, 0.05) is 11.1 Å². The lowest BCUT2D eigenvalue weighted by Crippen LogP contribution is -2.03. The Morgan fingerprint density at radius 1 is 1.53 bits per heavy atom. The van der Waals surface area contributed by atoms with Crippen LogP contribution in [0.3, 0.4) is 0 Å². The number of benzene rings is 1. The van der Waals surface area contributed by atoms with Crippen molar-refractivity contribution in [2.24, 2.45) is 5.92 Å². The number of halogens is 1. The van der Waals surface area contributed by atoms with Gasteiger partial charge < -0.3 is 5.32 Å². The van der Waals surface area contributed by atoms with Gasteiger partial charge in [-0.15, -0.1) is 0 Å². The third kappa shape index (κ3) is 2.40. The minimum atomic E-state index is 0.644. The highest BCUT2D eigenvalue weighted by Crippen LogP contribution is 2.39. The number of aromatic nitrogens is 1. The van der Waals surface area contributed by atoms with Gasteiger partial charge in [0.05, 0.1) is 10.2 Å². The molecule has 2 unspecified atom stereocenters. The van der Waals surface area contributed by atoms with Crippen LogP contribution < -0.4 is 5.32 Å². The van der Waals surface area contributed by atoms with Gasteiger partial charge in [-0.1, -0.05) is 36.3 Å². The molecule has 3 rings (SSSR count). The first kappa shape index (κ1) is 11.3. The summed E-state index contributed by atoms with van der Waals surface area (Å²) in [6.07, 6.45) is 3.90. The zero-order chi connectivity index (χ0) is 11.8. The Hall–Kier alpha value is -0.800. The molecular formula is C13H15ClN2S. The highest BCUT2D eigenvalue weighted by molar-refractivity contribution is 7.22. The molecule has 1 heterocycles. The Balaban J connectivity index is 1.74. The van der Waals surface area contributed by atoms with Crippen LogP contribution in [0.5, 0.6) is 0 Å². The van der Waals surface area contributed by atoms with Crippen LogP contribution in [0.4, 0.5) is 5.13 Å². The van der Waals surface area contributed by atoms with Gasteiger partial charge in [0.2, 0.25) is 0 Å². The van der Waals surface area contributed by atoms with Crippen molar-refractivity contribution in [1.82, 2.24) is 4.98 Å². The highest BCUT2D eigenvalue weighted by atomic mass is 35.5. The van der Waals surface area contributed by atoms with E-state index in [4.69, 9.17) is 11.6 Å². The summed E-state index contributed by atoms with van der Waals surface area (Å²) in [4.78, 5) is 4.57. The number of nitrogens with one attached hydrogen (secondary N) is 1. The molecule has 2 nitrogen and oxygen atoms in total. The Kier molecular flexibility index (Phi) is 2.97. The van der Waals surface area contributed by atoms with Crippen molar-refractivity contribution in [3.63, 3.8) is 0 Å². The van der Waals surface area contributed by atoms with E-state index in [1.54, 1.807) is 11.3 Å². The van der Waals surface area contributed by atoms with Gasteiger partial charge in [-0.2, -0.15) is 0 Å². The predicted molar refractivity (Wildman–Crippen MR) is 75.1 cm³/mol. The first-order valence-corrected chi connectivity index (χ1v) is 7.28. The molecule has 1 aliphatic rings. The maximum Gasteiger partial charge on any atom is 0.184 e. The molecule has 1 aromatic heterocycles. The molecule has 0 bridgehead atoms. The van der Waals surface area contributed by atoms with E-state index in [0.29, 0.717) is 6.04 Å². The number of hydrogen-bond donors (Lipinski definition) is 1. The molecule has 2 aromatic rings. The SMILES string of the molecule is CCCC1CC1Nc1nc2cc(Cl)ccc2s1. The van der Waals surface area contributed by atoms with Gasteiger partial charge in [-0.25, -0.2) is 4.98 Å². The fourth-order valence-electron chi connectivity index (χ4n) is 2.24. The topological polar surface area (TPSA) is 24.9 Å². The standard InChI is InChI=1S/C13H15ClN2S/c1-2-3-8-6-10(8)15-13-16-11-7-9(14)4-5-12(11)17-13/h4-5,7-8,10H,2-3,6H2,1H3,(H,15,16). The maximum absolute atomic E-state index is 5.95. The molecule has 0 saturated heterocycles. The average molecular weight is 267 g/mol. The highest BCUT2D eigenvalue weighted by Gasteiger charge is 2.36. The van der Waals surface area contributed by atoms with E-state index in [1.807, 2.05) is 18.2 Å². The molecule has 0 aliphatic heterocycles. The zero-order valence-electron chi connectivity index (χ0n) is 9.74. The molecule has 1 fully saturated rings. The summed E-state index contributed by atoms with van der Waals surface area (Å²) in [5.74, 6) is 0.857. The zero-order valence-corrected chi connectivity index (χ0v) is 11.3. The van der Waals surface area contributed by atoms with Crippen molar-refractivity contribution in [3.8, 4) is 0 Å². The summed E-state index contributed by atoms with van der Waals surface area (Å²) in [5.41, 5.74) is 0.998. The molecule has 1 N–H and O–H groups in total. The second kappa shape index (κ2) is 4.46. The monoisotopic (exact) mass is 266 g/mol. The van der Waals surface area contributed by atoms with Crippen LogP contribution in [-0.4, -0.2) is 11.0 Å². The third-order valence-corrected chi connectivity index (χ3v) is 4.44. The Morgan fingerprint density at radius 3 is 3.24 bits per heavy atom.